The summed E-state index contributed by atoms with van der Waals surface area (Å²) < 4.78 is 6.88. The van der Waals surface area contributed by atoms with E-state index in [9.17, 15) is 0 Å². The maximum Gasteiger partial charge on any atom is 0.163 e. The molecule has 0 N–H and O–H groups in total. The number of benzene rings is 7. The molecule has 1 aliphatic heterocycles. The number of ether oxygens (including phenoxy) is 1. The van der Waals surface area contributed by atoms with Gasteiger partial charge in [-0.05, 0) is 101 Å². The summed E-state index contributed by atoms with van der Waals surface area (Å²) in [6, 6.07) is 62.6. The number of aryl methyl sites for hydroxylation is 3. The number of aromatic nitrogens is 4. The normalized spacial score (nSPS) is 14.6. The molecule has 0 amide bonds. The van der Waals surface area contributed by atoms with Crippen molar-refractivity contribution in [3.05, 3.63) is 215 Å². The lowest BCUT2D eigenvalue weighted by atomic mass is 9.65. The van der Waals surface area contributed by atoms with E-state index in [-0.39, 0.29) is 0 Å². The van der Waals surface area contributed by atoms with Gasteiger partial charge in [-0.3, -0.25) is 4.98 Å². The van der Waals surface area contributed by atoms with E-state index in [0.717, 1.165) is 67.4 Å². The molecule has 0 radical (unpaired) electrons. The minimum Gasteiger partial charge on any atom is -0.457 e. The first-order chi connectivity index (χ1) is 28.9. The van der Waals surface area contributed by atoms with Crippen LogP contribution in [0.15, 0.2) is 176 Å². The van der Waals surface area contributed by atoms with Crippen LogP contribution in [0.2, 0.25) is 0 Å². The van der Waals surface area contributed by atoms with Gasteiger partial charge in [-0.1, -0.05) is 146 Å². The van der Waals surface area contributed by atoms with Crippen LogP contribution >= 0.6 is 0 Å². The Balaban J connectivity index is 1.02. The van der Waals surface area contributed by atoms with Crippen LogP contribution in [0.3, 0.4) is 0 Å². The Bertz CT molecular complexity index is 3120. The van der Waals surface area contributed by atoms with E-state index in [0.29, 0.717) is 17.5 Å². The predicted octanol–water partition coefficient (Wildman–Crippen LogP) is 13.0. The van der Waals surface area contributed by atoms with Gasteiger partial charge in [0, 0.05) is 39.2 Å². The number of nitrogens with zero attached hydrogens (tertiary/aromatic N) is 4. The summed E-state index contributed by atoms with van der Waals surface area (Å²) in [6.07, 6.45) is 0. The van der Waals surface area contributed by atoms with Crippen LogP contribution in [0.1, 0.15) is 39.5 Å². The first-order valence-electron chi connectivity index (χ1n) is 20.0. The van der Waals surface area contributed by atoms with Gasteiger partial charge in [0.05, 0.1) is 5.41 Å². The van der Waals surface area contributed by atoms with Crippen LogP contribution in [0.5, 0.6) is 11.5 Å². The average Bonchev–Trinajstić information content (AvgIpc) is 3.56. The molecule has 1 aliphatic carbocycles. The molecule has 11 rings (SSSR count). The molecule has 0 saturated heterocycles. The fraction of sp³-hybridized carbons (Fsp3) is 0.0741. The van der Waals surface area contributed by atoms with Crippen molar-refractivity contribution in [2.75, 3.05) is 0 Å². The fourth-order valence-corrected chi connectivity index (χ4v) is 9.26. The van der Waals surface area contributed by atoms with E-state index >= 15 is 0 Å². The number of rotatable bonds is 5. The van der Waals surface area contributed by atoms with Crippen LogP contribution in [-0.2, 0) is 5.41 Å². The first kappa shape index (κ1) is 34.7. The molecule has 9 aromatic rings. The molecule has 280 valence electrons. The summed E-state index contributed by atoms with van der Waals surface area (Å²) >= 11 is 0. The lowest BCUT2D eigenvalue weighted by Crippen LogP contribution is -2.32. The predicted molar refractivity (Wildman–Crippen MR) is 236 cm³/mol. The second kappa shape index (κ2) is 13.6. The Labute approximate surface area is 343 Å². The third-order valence-corrected chi connectivity index (χ3v) is 11.9. The van der Waals surface area contributed by atoms with Gasteiger partial charge in [0.25, 0.3) is 0 Å². The van der Waals surface area contributed by atoms with Crippen molar-refractivity contribution in [2.45, 2.75) is 26.2 Å². The molecule has 5 nitrogen and oxygen atoms in total. The van der Waals surface area contributed by atoms with Crippen molar-refractivity contribution in [1.82, 2.24) is 19.9 Å². The molecule has 0 saturated carbocycles. The number of hydrogen-bond acceptors (Lipinski definition) is 5. The second-order valence-corrected chi connectivity index (χ2v) is 15.5. The monoisotopic (exact) mass is 758 g/mol. The molecule has 7 aromatic carbocycles. The zero-order valence-corrected chi connectivity index (χ0v) is 32.9. The highest BCUT2D eigenvalue weighted by Gasteiger charge is 2.51. The van der Waals surface area contributed by atoms with Gasteiger partial charge in [-0.25, -0.2) is 15.0 Å². The lowest BCUT2D eigenvalue weighted by Gasteiger charge is -2.39. The highest BCUT2D eigenvalue weighted by atomic mass is 16.5. The summed E-state index contributed by atoms with van der Waals surface area (Å²) in [5.41, 5.74) is 17.3. The van der Waals surface area contributed by atoms with Gasteiger partial charge in [0.2, 0.25) is 0 Å². The van der Waals surface area contributed by atoms with E-state index in [1.165, 1.54) is 33.4 Å². The molecule has 2 aliphatic rings. The summed E-state index contributed by atoms with van der Waals surface area (Å²) in [7, 11) is 0. The third kappa shape index (κ3) is 5.61. The molecule has 0 bridgehead atoms. The molecular formula is C54H38N4O. The van der Waals surface area contributed by atoms with Gasteiger partial charge in [0.15, 0.2) is 11.6 Å². The molecule has 0 fully saturated rings. The first-order valence-corrected chi connectivity index (χ1v) is 20.0. The molecule has 1 atom stereocenters. The summed E-state index contributed by atoms with van der Waals surface area (Å²) in [5, 5.41) is 0. The molecule has 1 unspecified atom stereocenters. The van der Waals surface area contributed by atoms with Crippen LogP contribution in [0, 0.1) is 20.8 Å². The summed E-state index contributed by atoms with van der Waals surface area (Å²) in [4.78, 5) is 19.3. The zero-order valence-electron chi connectivity index (χ0n) is 32.9. The van der Waals surface area contributed by atoms with Gasteiger partial charge in [-0.15, -0.1) is 0 Å². The van der Waals surface area contributed by atoms with Crippen LogP contribution in [-0.4, -0.2) is 19.9 Å². The SMILES string of the molecule is Cc1ccc(-c2cccc(-c3ccc(-c4ccc5c(c4)Oc4ccccc4C54c5ccccc5-c5ccc(-c6nc(C)nc(-c7ccccc7)n6)cc54)cc3)c2)c(C)n1. The third-order valence-electron chi connectivity index (χ3n) is 11.9. The molecule has 59 heavy (non-hydrogen) atoms. The minimum atomic E-state index is -0.630. The van der Waals surface area contributed by atoms with Gasteiger partial charge in [0.1, 0.15) is 17.3 Å². The van der Waals surface area contributed by atoms with E-state index < -0.39 is 5.41 Å². The number of para-hydroxylation sites is 1. The van der Waals surface area contributed by atoms with Gasteiger partial charge < -0.3 is 4.74 Å². The highest BCUT2D eigenvalue weighted by molar-refractivity contribution is 5.90. The topological polar surface area (TPSA) is 60.8 Å². The molecule has 3 heterocycles. The number of fused-ring (bicyclic) bond motifs is 9. The summed E-state index contributed by atoms with van der Waals surface area (Å²) in [6.45, 7) is 6.04. The van der Waals surface area contributed by atoms with Crippen LogP contribution in [0.25, 0.3) is 67.3 Å². The van der Waals surface area contributed by atoms with Gasteiger partial charge in [-0.2, -0.15) is 0 Å². The fourth-order valence-electron chi connectivity index (χ4n) is 9.26. The Morgan fingerprint density at radius 3 is 1.75 bits per heavy atom. The maximum absolute atomic E-state index is 6.88. The Morgan fingerprint density at radius 1 is 0.356 bits per heavy atom. The standard InChI is InChI=1S/C54H38N4O/c1-33-20-27-43(34(2)55-33)41-15-11-14-39(30-41)36-21-23-37(24-22-36)40-26-29-48-51(32-40)59-50-19-10-9-18-47(50)54(48)46-17-8-7-16-44(46)45-28-25-42(31-49(45)54)53-57-35(3)56-52(58-53)38-12-5-4-6-13-38/h4-32H,1-3H3. The molecule has 1 spiro atoms. The quantitative estimate of drug-likeness (QED) is 0.175. The minimum absolute atomic E-state index is 0.630. The smallest absolute Gasteiger partial charge is 0.163 e. The zero-order chi connectivity index (χ0) is 39.7. The average molecular weight is 759 g/mol. The second-order valence-electron chi connectivity index (χ2n) is 15.5. The maximum atomic E-state index is 6.88. The van der Waals surface area contributed by atoms with Crippen molar-refractivity contribution in [2.24, 2.45) is 0 Å². The Kier molecular flexibility index (Phi) is 7.99. The number of hydrogen-bond donors (Lipinski definition) is 0. The highest BCUT2D eigenvalue weighted by Crippen LogP contribution is 2.62. The van der Waals surface area contributed by atoms with Crippen LogP contribution < -0.4 is 4.74 Å². The van der Waals surface area contributed by atoms with Crippen molar-refractivity contribution in [3.8, 4) is 78.8 Å². The lowest BCUT2D eigenvalue weighted by molar-refractivity contribution is 0.436. The van der Waals surface area contributed by atoms with E-state index in [2.05, 4.69) is 153 Å². The van der Waals surface area contributed by atoms with Crippen molar-refractivity contribution < 1.29 is 4.74 Å². The van der Waals surface area contributed by atoms with E-state index in [1.54, 1.807) is 0 Å². The Hall–Kier alpha value is -7.50. The van der Waals surface area contributed by atoms with Gasteiger partial charge >= 0.3 is 0 Å². The Morgan fingerprint density at radius 2 is 0.949 bits per heavy atom. The van der Waals surface area contributed by atoms with Crippen molar-refractivity contribution >= 4 is 0 Å². The number of pyridine rings is 1. The van der Waals surface area contributed by atoms with E-state index in [1.807, 2.05) is 44.2 Å². The molecular weight excluding hydrogens is 721 g/mol. The molecule has 5 heteroatoms. The van der Waals surface area contributed by atoms with E-state index in [4.69, 9.17) is 24.7 Å². The van der Waals surface area contributed by atoms with Crippen molar-refractivity contribution in [3.63, 3.8) is 0 Å². The van der Waals surface area contributed by atoms with Crippen LogP contribution in [0.4, 0.5) is 0 Å². The molecule has 2 aromatic heterocycles. The van der Waals surface area contributed by atoms with Crippen molar-refractivity contribution in [1.29, 1.82) is 0 Å². The largest absolute Gasteiger partial charge is 0.457 e. The summed E-state index contributed by atoms with van der Waals surface area (Å²) in [5.74, 6) is 3.69.